The molecule has 0 fully saturated rings. The maximum Gasteiger partial charge on any atom is 0.180 e. The summed E-state index contributed by atoms with van der Waals surface area (Å²) >= 11 is 6.50. The summed E-state index contributed by atoms with van der Waals surface area (Å²) in [5.41, 5.74) is 4.28. The molecule has 0 saturated heterocycles. The van der Waals surface area contributed by atoms with Gasteiger partial charge in [-0.3, -0.25) is 0 Å². The van der Waals surface area contributed by atoms with Crippen LogP contribution in [-0.2, 0) is 19.7 Å². The Kier molecular flexibility index (Phi) is 9.44. The normalized spacial score (nSPS) is 10.4. The Morgan fingerprint density at radius 1 is 0.867 bits per heavy atom. The predicted molar refractivity (Wildman–Crippen MR) is 122 cm³/mol. The molecule has 0 heterocycles. The van der Waals surface area contributed by atoms with Crippen LogP contribution in [-0.4, -0.2) is 6.61 Å². The molecule has 0 saturated carbocycles. The lowest BCUT2D eigenvalue weighted by atomic mass is 10.1. The first-order chi connectivity index (χ1) is 14.0. The number of hydrogen-bond acceptors (Lipinski definition) is 3. The maximum atomic E-state index is 13.0. The van der Waals surface area contributed by atoms with Crippen LogP contribution in [0, 0.1) is 12.7 Å². The zero-order valence-electron chi connectivity index (χ0n) is 17.1. The van der Waals surface area contributed by atoms with Crippen molar-refractivity contribution in [3.05, 3.63) is 93.8 Å². The molecule has 0 aromatic heterocycles. The van der Waals surface area contributed by atoms with Crippen LogP contribution < -0.4 is 14.8 Å². The van der Waals surface area contributed by atoms with Gasteiger partial charge in [-0.15, -0.1) is 12.4 Å². The van der Waals surface area contributed by atoms with E-state index in [1.807, 2.05) is 31.2 Å². The summed E-state index contributed by atoms with van der Waals surface area (Å²) in [5, 5.41) is 3.85. The molecule has 3 aromatic carbocycles. The highest BCUT2D eigenvalue weighted by atomic mass is 35.5. The molecule has 0 spiro atoms. The highest BCUT2D eigenvalue weighted by Gasteiger charge is 2.13. The van der Waals surface area contributed by atoms with E-state index in [9.17, 15) is 4.39 Å². The molecule has 0 aliphatic carbocycles. The lowest BCUT2D eigenvalue weighted by Gasteiger charge is -2.16. The maximum absolute atomic E-state index is 13.0. The quantitative estimate of drug-likeness (QED) is 0.405. The summed E-state index contributed by atoms with van der Waals surface area (Å²) < 4.78 is 24.7. The van der Waals surface area contributed by atoms with Crippen molar-refractivity contribution in [2.24, 2.45) is 0 Å². The third kappa shape index (κ3) is 6.91. The van der Waals surface area contributed by atoms with E-state index in [0.717, 1.165) is 16.7 Å². The molecular weight excluding hydrogens is 424 g/mol. The lowest BCUT2D eigenvalue weighted by molar-refractivity contribution is 0.269. The zero-order valence-corrected chi connectivity index (χ0v) is 18.7. The average molecular weight is 450 g/mol. The van der Waals surface area contributed by atoms with Gasteiger partial charge >= 0.3 is 0 Å². The first-order valence-corrected chi connectivity index (χ1v) is 10.0. The fraction of sp³-hybridized carbons (Fsp3) is 0.250. The topological polar surface area (TPSA) is 30.5 Å². The first-order valence-electron chi connectivity index (χ1n) is 9.64. The van der Waals surface area contributed by atoms with E-state index >= 15 is 0 Å². The van der Waals surface area contributed by atoms with Crippen LogP contribution in [0.2, 0.25) is 5.02 Å². The minimum absolute atomic E-state index is 0. The van der Waals surface area contributed by atoms with Crippen molar-refractivity contribution in [2.75, 3.05) is 6.61 Å². The van der Waals surface area contributed by atoms with Crippen LogP contribution in [0.3, 0.4) is 0 Å². The predicted octanol–water partition coefficient (Wildman–Crippen LogP) is 6.48. The number of rotatable bonds is 9. The Labute approximate surface area is 188 Å². The van der Waals surface area contributed by atoms with E-state index in [1.165, 1.54) is 17.7 Å². The highest BCUT2D eigenvalue weighted by Crippen LogP contribution is 2.37. The van der Waals surface area contributed by atoms with E-state index in [0.29, 0.717) is 42.8 Å². The minimum Gasteiger partial charge on any atom is -0.490 e. The van der Waals surface area contributed by atoms with Gasteiger partial charge in [-0.1, -0.05) is 53.6 Å². The van der Waals surface area contributed by atoms with E-state index in [1.54, 1.807) is 12.1 Å². The van der Waals surface area contributed by atoms with Gasteiger partial charge in [0.15, 0.2) is 11.5 Å². The number of benzene rings is 3. The Morgan fingerprint density at radius 2 is 1.50 bits per heavy atom. The van der Waals surface area contributed by atoms with Gasteiger partial charge in [0, 0.05) is 13.1 Å². The van der Waals surface area contributed by atoms with Gasteiger partial charge in [-0.2, -0.15) is 0 Å². The number of halogens is 3. The van der Waals surface area contributed by atoms with Crippen molar-refractivity contribution >= 4 is 24.0 Å². The van der Waals surface area contributed by atoms with Crippen molar-refractivity contribution in [3.8, 4) is 11.5 Å². The molecule has 160 valence electrons. The molecule has 3 rings (SSSR count). The summed E-state index contributed by atoms with van der Waals surface area (Å²) in [6.07, 6.45) is 0. The van der Waals surface area contributed by atoms with Gasteiger partial charge in [0.2, 0.25) is 0 Å². The molecule has 3 nitrogen and oxygen atoms in total. The van der Waals surface area contributed by atoms with Gasteiger partial charge in [0.1, 0.15) is 12.4 Å². The second-order valence-corrected chi connectivity index (χ2v) is 7.25. The molecular formula is C24H26Cl2FNO2. The fourth-order valence-corrected chi connectivity index (χ4v) is 3.21. The molecule has 0 atom stereocenters. The largest absolute Gasteiger partial charge is 0.490 e. The molecule has 0 bridgehead atoms. The smallest absolute Gasteiger partial charge is 0.180 e. The molecule has 30 heavy (non-hydrogen) atoms. The van der Waals surface area contributed by atoms with Crippen molar-refractivity contribution in [2.45, 2.75) is 33.5 Å². The monoisotopic (exact) mass is 449 g/mol. The van der Waals surface area contributed by atoms with Gasteiger partial charge in [-0.05, 0) is 54.8 Å². The lowest BCUT2D eigenvalue weighted by Crippen LogP contribution is -2.13. The third-order valence-corrected chi connectivity index (χ3v) is 4.73. The van der Waals surface area contributed by atoms with E-state index in [-0.39, 0.29) is 18.2 Å². The summed E-state index contributed by atoms with van der Waals surface area (Å²) in [7, 11) is 0. The van der Waals surface area contributed by atoms with Gasteiger partial charge in [0.25, 0.3) is 0 Å². The molecule has 0 aliphatic heterocycles. The Hall–Kier alpha value is -2.27. The Morgan fingerprint density at radius 3 is 2.17 bits per heavy atom. The van der Waals surface area contributed by atoms with Gasteiger partial charge in [0.05, 0.1) is 11.6 Å². The van der Waals surface area contributed by atoms with Crippen molar-refractivity contribution < 1.29 is 13.9 Å². The Bertz CT molecular complexity index is 931. The van der Waals surface area contributed by atoms with E-state index in [4.69, 9.17) is 21.1 Å². The number of nitrogens with one attached hydrogen (secondary N) is 1. The van der Waals surface area contributed by atoms with Crippen molar-refractivity contribution in [1.29, 1.82) is 0 Å². The zero-order chi connectivity index (χ0) is 20.6. The van der Waals surface area contributed by atoms with Crippen molar-refractivity contribution in [1.82, 2.24) is 5.32 Å². The molecule has 0 amide bonds. The van der Waals surface area contributed by atoms with Crippen LogP contribution >= 0.6 is 24.0 Å². The van der Waals surface area contributed by atoms with Crippen LogP contribution in [0.25, 0.3) is 0 Å². The molecule has 3 aromatic rings. The first kappa shape index (κ1) is 24.0. The van der Waals surface area contributed by atoms with Crippen LogP contribution in [0.1, 0.15) is 29.2 Å². The van der Waals surface area contributed by atoms with Gasteiger partial charge in [-0.25, -0.2) is 4.39 Å². The average Bonchev–Trinajstić information content (AvgIpc) is 2.70. The van der Waals surface area contributed by atoms with E-state index in [2.05, 4.69) is 24.4 Å². The number of ether oxygens (including phenoxy) is 2. The summed E-state index contributed by atoms with van der Waals surface area (Å²) in [6.45, 7) is 6.16. The second-order valence-electron chi connectivity index (χ2n) is 6.84. The minimum atomic E-state index is -0.233. The summed E-state index contributed by atoms with van der Waals surface area (Å²) in [6, 6.07) is 18.5. The van der Waals surface area contributed by atoms with Crippen LogP contribution in [0.4, 0.5) is 4.39 Å². The number of aryl methyl sites for hydroxylation is 1. The highest BCUT2D eigenvalue weighted by molar-refractivity contribution is 6.32. The SMILES string of the molecule is CCOc1cc(CNCc2ccc(F)cc2)cc(Cl)c1OCc1ccc(C)cc1.Cl. The standard InChI is InChI=1S/C24H25ClFNO2.ClH/c1-3-28-23-13-20(15-27-14-18-8-10-21(26)11-9-18)12-22(25)24(23)29-16-19-6-4-17(2)5-7-19;/h4-13,27H,3,14-16H2,1-2H3;1H. The molecule has 0 radical (unpaired) electrons. The molecule has 1 N–H and O–H groups in total. The van der Waals surface area contributed by atoms with Crippen LogP contribution in [0.5, 0.6) is 11.5 Å². The van der Waals surface area contributed by atoms with E-state index < -0.39 is 0 Å². The second kappa shape index (κ2) is 11.8. The number of hydrogen-bond donors (Lipinski definition) is 1. The molecule has 6 heteroatoms. The molecule has 0 aliphatic rings. The summed E-state index contributed by atoms with van der Waals surface area (Å²) in [4.78, 5) is 0. The van der Waals surface area contributed by atoms with Crippen LogP contribution in [0.15, 0.2) is 60.7 Å². The fourth-order valence-electron chi connectivity index (χ4n) is 2.92. The Balaban J connectivity index is 0.00000320. The van der Waals surface area contributed by atoms with Gasteiger partial charge < -0.3 is 14.8 Å². The summed E-state index contributed by atoms with van der Waals surface area (Å²) in [5.74, 6) is 0.949. The molecule has 0 unspecified atom stereocenters. The third-order valence-electron chi connectivity index (χ3n) is 4.44. The van der Waals surface area contributed by atoms with Crippen molar-refractivity contribution in [3.63, 3.8) is 0 Å².